The molecule has 3 rings (SSSR count). The molecule has 1 aromatic carbocycles. The van der Waals surface area contributed by atoms with E-state index in [4.69, 9.17) is 0 Å². The molecule has 0 bridgehead atoms. The second-order valence-corrected chi connectivity index (χ2v) is 4.63. The van der Waals surface area contributed by atoms with Crippen LogP contribution in [-0.2, 0) is 6.54 Å². The predicted octanol–water partition coefficient (Wildman–Crippen LogP) is 2.27. The third-order valence-corrected chi connectivity index (χ3v) is 2.99. The minimum atomic E-state index is -0.257. The highest BCUT2D eigenvalue weighted by molar-refractivity contribution is 5.80. The van der Waals surface area contributed by atoms with Crippen LogP contribution < -0.4 is 10.6 Å². The number of carbonyl (C=O) groups excluding carboxylic acids is 1. The van der Waals surface area contributed by atoms with Gasteiger partial charge in [-0.1, -0.05) is 0 Å². The zero-order valence-corrected chi connectivity index (χ0v) is 9.79. The van der Waals surface area contributed by atoms with E-state index in [0.717, 1.165) is 29.4 Å². The summed E-state index contributed by atoms with van der Waals surface area (Å²) in [5, 5.41) is 6.43. The van der Waals surface area contributed by atoms with Crippen molar-refractivity contribution in [1.29, 1.82) is 0 Å². The Hall–Kier alpha value is -2.04. The lowest BCUT2D eigenvalue weighted by Gasteiger charge is -2.04. The number of carbonyl (C=O) groups is 1. The van der Waals surface area contributed by atoms with Crippen LogP contribution >= 0.6 is 0 Å². The molecule has 1 heterocycles. The summed E-state index contributed by atoms with van der Waals surface area (Å²) in [4.78, 5) is 14.6. The number of benzene rings is 1. The first-order valence-electron chi connectivity index (χ1n) is 6.02. The standard InChI is InChI=1S/C13H14FN3O/c14-9-1-4-12-8(5-9)6-11(16-12)7-15-13(18)17-10-2-3-10/h1,4-6,10,16H,2-3,7H2,(H2,15,17,18). The molecule has 0 unspecified atom stereocenters. The Morgan fingerprint density at radius 2 is 2.22 bits per heavy atom. The third kappa shape index (κ3) is 2.45. The largest absolute Gasteiger partial charge is 0.357 e. The van der Waals surface area contributed by atoms with Crippen LogP contribution in [0.4, 0.5) is 9.18 Å². The molecule has 1 saturated carbocycles. The number of aromatic amines is 1. The lowest BCUT2D eigenvalue weighted by Crippen LogP contribution is -2.36. The number of hydrogen-bond acceptors (Lipinski definition) is 1. The molecule has 4 nitrogen and oxygen atoms in total. The van der Waals surface area contributed by atoms with E-state index in [1.807, 2.05) is 6.07 Å². The molecular weight excluding hydrogens is 233 g/mol. The molecule has 1 aliphatic carbocycles. The maximum atomic E-state index is 13.0. The van der Waals surface area contributed by atoms with Crippen molar-refractivity contribution in [3.8, 4) is 0 Å². The molecule has 1 fully saturated rings. The van der Waals surface area contributed by atoms with Crippen molar-refractivity contribution in [2.75, 3.05) is 0 Å². The smallest absolute Gasteiger partial charge is 0.315 e. The van der Waals surface area contributed by atoms with Crippen molar-refractivity contribution in [3.63, 3.8) is 0 Å². The Labute approximate surface area is 104 Å². The van der Waals surface area contributed by atoms with Crippen LogP contribution in [0.5, 0.6) is 0 Å². The van der Waals surface area contributed by atoms with Gasteiger partial charge in [-0.15, -0.1) is 0 Å². The zero-order valence-electron chi connectivity index (χ0n) is 9.79. The van der Waals surface area contributed by atoms with Crippen LogP contribution in [0.25, 0.3) is 10.9 Å². The van der Waals surface area contributed by atoms with E-state index in [0.29, 0.717) is 12.6 Å². The van der Waals surface area contributed by atoms with Crippen molar-refractivity contribution in [2.24, 2.45) is 0 Å². The number of nitrogens with one attached hydrogen (secondary N) is 3. The van der Waals surface area contributed by atoms with Crippen LogP contribution in [-0.4, -0.2) is 17.1 Å². The predicted molar refractivity (Wildman–Crippen MR) is 66.7 cm³/mol. The van der Waals surface area contributed by atoms with E-state index in [1.54, 1.807) is 6.07 Å². The number of rotatable bonds is 3. The van der Waals surface area contributed by atoms with E-state index in [1.165, 1.54) is 12.1 Å². The molecule has 1 aliphatic rings. The average molecular weight is 247 g/mol. The van der Waals surface area contributed by atoms with Crippen molar-refractivity contribution < 1.29 is 9.18 Å². The van der Waals surface area contributed by atoms with E-state index in [2.05, 4.69) is 15.6 Å². The third-order valence-electron chi connectivity index (χ3n) is 2.99. The fraction of sp³-hybridized carbons (Fsp3) is 0.308. The number of H-pyrrole nitrogens is 1. The molecule has 0 saturated heterocycles. The van der Waals surface area contributed by atoms with Gasteiger partial charge in [-0.25, -0.2) is 9.18 Å². The van der Waals surface area contributed by atoms with E-state index < -0.39 is 0 Å². The molecule has 2 amide bonds. The highest BCUT2D eigenvalue weighted by Gasteiger charge is 2.22. The summed E-state index contributed by atoms with van der Waals surface area (Å²) in [6.07, 6.45) is 2.14. The molecule has 3 N–H and O–H groups in total. The van der Waals surface area contributed by atoms with Gasteiger partial charge in [0, 0.05) is 22.6 Å². The molecule has 94 valence electrons. The maximum absolute atomic E-state index is 13.0. The van der Waals surface area contributed by atoms with Gasteiger partial charge in [0.15, 0.2) is 0 Å². The average Bonchev–Trinajstić information content (AvgIpc) is 3.04. The van der Waals surface area contributed by atoms with E-state index >= 15 is 0 Å². The van der Waals surface area contributed by atoms with Gasteiger partial charge in [-0.05, 0) is 37.1 Å². The van der Waals surface area contributed by atoms with Crippen LogP contribution in [0.15, 0.2) is 24.3 Å². The van der Waals surface area contributed by atoms with Gasteiger partial charge in [0.05, 0.1) is 6.54 Å². The highest BCUT2D eigenvalue weighted by atomic mass is 19.1. The monoisotopic (exact) mass is 247 g/mol. The summed E-state index contributed by atoms with van der Waals surface area (Å²) in [5.74, 6) is -0.257. The van der Waals surface area contributed by atoms with Gasteiger partial charge in [-0.2, -0.15) is 0 Å². The van der Waals surface area contributed by atoms with Crippen molar-refractivity contribution >= 4 is 16.9 Å². The number of hydrogen-bond donors (Lipinski definition) is 3. The minimum Gasteiger partial charge on any atom is -0.357 e. The number of amides is 2. The molecule has 2 aromatic rings. The summed E-state index contributed by atoms with van der Waals surface area (Å²) in [7, 11) is 0. The molecule has 5 heteroatoms. The first kappa shape index (κ1) is 11.1. The van der Waals surface area contributed by atoms with Crippen LogP contribution in [0.3, 0.4) is 0 Å². The Morgan fingerprint density at radius 3 is 3.00 bits per heavy atom. The molecule has 0 spiro atoms. The quantitative estimate of drug-likeness (QED) is 0.765. The van der Waals surface area contributed by atoms with Crippen LogP contribution in [0.1, 0.15) is 18.5 Å². The lowest BCUT2D eigenvalue weighted by molar-refractivity contribution is 0.240. The number of urea groups is 1. The molecule has 18 heavy (non-hydrogen) atoms. The highest BCUT2D eigenvalue weighted by Crippen LogP contribution is 2.18. The van der Waals surface area contributed by atoms with Crippen LogP contribution in [0.2, 0.25) is 0 Å². The topological polar surface area (TPSA) is 56.9 Å². The second kappa shape index (κ2) is 4.33. The van der Waals surface area contributed by atoms with Crippen LogP contribution in [0, 0.1) is 5.82 Å². The Morgan fingerprint density at radius 1 is 1.39 bits per heavy atom. The number of fused-ring (bicyclic) bond motifs is 1. The normalized spacial score (nSPS) is 14.7. The Bertz CT molecular complexity index is 589. The Kier molecular flexibility index (Phi) is 2.66. The fourth-order valence-electron chi connectivity index (χ4n) is 1.90. The van der Waals surface area contributed by atoms with Gasteiger partial charge >= 0.3 is 6.03 Å². The second-order valence-electron chi connectivity index (χ2n) is 4.63. The maximum Gasteiger partial charge on any atom is 0.315 e. The molecule has 1 aromatic heterocycles. The molecular formula is C13H14FN3O. The fourth-order valence-corrected chi connectivity index (χ4v) is 1.90. The van der Waals surface area contributed by atoms with Gasteiger partial charge in [0.2, 0.25) is 0 Å². The van der Waals surface area contributed by atoms with E-state index in [-0.39, 0.29) is 11.8 Å². The van der Waals surface area contributed by atoms with Crippen molar-refractivity contribution in [3.05, 3.63) is 35.8 Å². The number of halogens is 1. The molecule has 0 radical (unpaired) electrons. The van der Waals surface area contributed by atoms with E-state index in [9.17, 15) is 9.18 Å². The molecule has 0 aliphatic heterocycles. The molecule has 0 atom stereocenters. The summed E-state index contributed by atoms with van der Waals surface area (Å²) in [5.41, 5.74) is 1.73. The van der Waals surface area contributed by atoms with Gasteiger partial charge in [0.1, 0.15) is 5.82 Å². The SMILES string of the molecule is O=C(NCc1cc2cc(F)ccc2[nH]1)NC1CC1. The zero-order chi connectivity index (χ0) is 12.5. The Balaban J connectivity index is 1.64. The summed E-state index contributed by atoms with van der Waals surface area (Å²) >= 11 is 0. The van der Waals surface area contributed by atoms with Gasteiger partial charge in [0.25, 0.3) is 0 Å². The van der Waals surface area contributed by atoms with Gasteiger partial charge in [-0.3, -0.25) is 0 Å². The van der Waals surface area contributed by atoms with Crippen molar-refractivity contribution in [1.82, 2.24) is 15.6 Å². The lowest BCUT2D eigenvalue weighted by atomic mass is 10.2. The summed E-state index contributed by atoms with van der Waals surface area (Å²) < 4.78 is 13.0. The van der Waals surface area contributed by atoms with Gasteiger partial charge < -0.3 is 15.6 Å². The summed E-state index contributed by atoms with van der Waals surface area (Å²) in [6.45, 7) is 0.412. The summed E-state index contributed by atoms with van der Waals surface area (Å²) in [6, 6.07) is 6.62. The first-order valence-corrected chi connectivity index (χ1v) is 6.02. The minimum absolute atomic E-state index is 0.151. The van der Waals surface area contributed by atoms with Crippen molar-refractivity contribution in [2.45, 2.75) is 25.4 Å². The first-order chi connectivity index (χ1) is 8.70. The number of aromatic nitrogens is 1.